The number of nitrogens with one attached hydrogen (secondary N) is 1. The fourth-order valence-electron chi connectivity index (χ4n) is 1.97. The molecule has 1 N–H and O–H groups in total. The van der Waals surface area contributed by atoms with Crippen molar-refractivity contribution in [2.45, 2.75) is 58.3 Å². The second-order valence-electron chi connectivity index (χ2n) is 5.45. The lowest BCUT2D eigenvalue weighted by Crippen LogP contribution is -2.40. The topological polar surface area (TPSA) is 21.3 Å². The Hall–Kier alpha value is 0.210. The van der Waals surface area contributed by atoms with Crippen molar-refractivity contribution in [1.29, 1.82) is 0 Å². The number of rotatable bonds is 5. The van der Waals surface area contributed by atoms with Crippen LogP contribution in [0, 0.1) is 5.92 Å². The van der Waals surface area contributed by atoms with Crippen molar-refractivity contribution in [3.05, 3.63) is 0 Å². The summed E-state index contributed by atoms with van der Waals surface area (Å²) in [7, 11) is 0. The minimum Gasteiger partial charge on any atom is -0.371 e. The molecule has 2 atom stereocenters. The van der Waals surface area contributed by atoms with Crippen LogP contribution in [0.3, 0.4) is 0 Å². The Bertz CT molecular complexity index is 194. The maximum atomic E-state index is 5.92. The standard InChI is InChI=1S/C12H24ClNO/c1-9(2)11(7-13)14-8-10-5-6-12(3,4)15-10/h9-11,14H,5-8H2,1-4H3. The predicted octanol–water partition coefficient (Wildman–Crippen LogP) is 2.80. The lowest BCUT2D eigenvalue weighted by Gasteiger charge is -2.23. The van der Waals surface area contributed by atoms with Crippen molar-refractivity contribution in [3.8, 4) is 0 Å². The molecule has 1 saturated heterocycles. The van der Waals surface area contributed by atoms with E-state index >= 15 is 0 Å². The van der Waals surface area contributed by atoms with Crippen LogP contribution in [0.2, 0.25) is 0 Å². The van der Waals surface area contributed by atoms with E-state index in [-0.39, 0.29) is 5.60 Å². The lowest BCUT2D eigenvalue weighted by molar-refractivity contribution is -0.0153. The molecule has 0 aromatic heterocycles. The molecule has 1 heterocycles. The first-order chi connectivity index (χ1) is 6.94. The van der Waals surface area contributed by atoms with Gasteiger partial charge in [-0.3, -0.25) is 0 Å². The molecule has 1 fully saturated rings. The third-order valence-electron chi connectivity index (χ3n) is 3.13. The van der Waals surface area contributed by atoms with Gasteiger partial charge in [0.05, 0.1) is 11.7 Å². The van der Waals surface area contributed by atoms with E-state index in [1.54, 1.807) is 0 Å². The molecule has 0 radical (unpaired) electrons. The summed E-state index contributed by atoms with van der Waals surface area (Å²) in [6.07, 6.45) is 2.68. The molecule has 2 unspecified atom stereocenters. The highest BCUT2D eigenvalue weighted by Crippen LogP contribution is 2.28. The minimum atomic E-state index is 0.0701. The van der Waals surface area contributed by atoms with Gasteiger partial charge in [0.25, 0.3) is 0 Å². The average Bonchev–Trinajstić information content (AvgIpc) is 2.46. The second-order valence-corrected chi connectivity index (χ2v) is 5.76. The normalized spacial score (nSPS) is 27.2. The van der Waals surface area contributed by atoms with Crippen LogP contribution >= 0.6 is 11.6 Å². The van der Waals surface area contributed by atoms with Crippen LogP contribution in [-0.2, 0) is 4.74 Å². The van der Waals surface area contributed by atoms with Crippen molar-refractivity contribution in [3.63, 3.8) is 0 Å². The zero-order chi connectivity index (χ0) is 11.5. The Morgan fingerprint density at radius 1 is 1.47 bits per heavy atom. The molecule has 1 aliphatic heterocycles. The molecule has 90 valence electrons. The molecular formula is C12H24ClNO. The molecule has 1 aliphatic rings. The maximum Gasteiger partial charge on any atom is 0.0707 e. The molecule has 0 aromatic carbocycles. The summed E-state index contributed by atoms with van der Waals surface area (Å²) in [4.78, 5) is 0. The number of hydrogen-bond donors (Lipinski definition) is 1. The van der Waals surface area contributed by atoms with Crippen molar-refractivity contribution < 1.29 is 4.74 Å². The van der Waals surface area contributed by atoms with E-state index in [0.29, 0.717) is 23.9 Å². The highest BCUT2D eigenvalue weighted by Gasteiger charge is 2.31. The molecule has 0 saturated carbocycles. The van der Waals surface area contributed by atoms with Crippen molar-refractivity contribution in [2.24, 2.45) is 5.92 Å². The van der Waals surface area contributed by atoms with Gasteiger partial charge in [-0.25, -0.2) is 0 Å². The molecule has 3 heteroatoms. The summed E-state index contributed by atoms with van der Waals surface area (Å²) < 4.78 is 5.92. The Morgan fingerprint density at radius 2 is 2.13 bits per heavy atom. The zero-order valence-corrected chi connectivity index (χ0v) is 11.1. The Morgan fingerprint density at radius 3 is 2.53 bits per heavy atom. The molecule has 15 heavy (non-hydrogen) atoms. The molecule has 0 spiro atoms. The smallest absolute Gasteiger partial charge is 0.0707 e. The van der Waals surface area contributed by atoms with Crippen LogP contribution < -0.4 is 5.32 Å². The number of alkyl halides is 1. The first-order valence-electron chi connectivity index (χ1n) is 5.92. The number of halogens is 1. The third-order valence-corrected chi connectivity index (χ3v) is 3.47. The summed E-state index contributed by atoms with van der Waals surface area (Å²) in [5, 5.41) is 3.49. The molecule has 0 aliphatic carbocycles. The molecule has 2 nitrogen and oxygen atoms in total. The number of hydrogen-bond acceptors (Lipinski definition) is 2. The summed E-state index contributed by atoms with van der Waals surface area (Å²) in [6.45, 7) is 9.64. The van der Waals surface area contributed by atoms with Gasteiger partial charge in [-0.05, 0) is 32.6 Å². The van der Waals surface area contributed by atoms with Gasteiger partial charge in [0.2, 0.25) is 0 Å². The summed E-state index contributed by atoms with van der Waals surface area (Å²) >= 11 is 5.90. The van der Waals surface area contributed by atoms with Crippen LogP contribution in [0.25, 0.3) is 0 Å². The van der Waals surface area contributed by atoms with Crippen LogP contribution in [0.5, 0.6) is 0 Å². The lowest BCUT2D eigenvalue weighted by atomic mass is 10.0. The van der Waals surface area contributed by atoms with Gasteiger partial charge in [0, 0.05) is 18.5 Å². The van der Waals surface area contributed by atoms with Crippen LogP contribution in [0.15, 0.2) is 0 Å². The molecule has 0 aromatic rings. The van der Waals surface area contributed by atoms with Gasteiger partial charge in [-0.2, -0.15) is 0 Å². The highest BCUT2D eigenvalue weighted by atomic mass is 35.5. The monoisotopic (exact) mass is 233 g/mol. The van der Waals surface area contributed by atoms with Crippen molar-refractivity contribution >= 4 is 11.6 Å². The van der Waals surface area contributed by atoms with Gasteiger partial charge in [-0.1, -0.05) is 13.8 Å². The quantitative estimate of drug-likeness (QED) is 0.738. The van der Waals surface area contributed by atoms with Crippen molar-refractivity contribution in [1.82, 2.24) is 5.32 Å². The van der Waals surface area contributed by atoms with Crippen LogP contribution in [0.1, 0.15) is 40.5 Å². The predicted molar refractivity (Wildman–Crippen MR) is 65.5 cm³/mol. The average molecular weight is 234 g/mol. The second kappa shape index (κ2) is 5.51. The largest absolute Gasteiger partial charge is 0.371 e. The highest BCUT2D eigenvalue weighted by molar-refractivity contribution is 6.18. The number of ether oxygens (including phenoxy) is 1. The van der Waals surface area contributed by atoms with E-state index in [9.17, 15) is 0 Å². The van der Waals surface area contributed by atoms with E-state index in [1.807, 2.05) is 0 Å². The molecular weight excluding hydrogens is 210 g/mol. The minimum absolute atomic E-state index is 0.0701. The van der Waals surface area contributed by atoms with E-state index < -0.39 is 0 Å². The van der Waals surface area contributed by atoms with Crippen LogP contribution in [0.4, 0.5) is 0 Å². The van der Waals surface area contributed by atoms with Gasteiger partial charge in [-0.15, -0.1) is 11.6 Å². The summed E-state index contributed by atoms with van der Waals surface area (Å²) in [6, 6.07) is 0.402. The molecule has 0 bridgehead atoms. The molecule has 0 amide bonds. The van der Waals surface area contributed by atoms with Crippen LogP contribution in [-0.4, -0.2) is 30.2 Å². The van der Waals surface area contributed by atoms with Gasteiger partial charge in [0.15, 0.2) is 0 Å². The Balaban J connectivity index is 2.26. The Kier molecular flexibility index (Phi) is 4.88. The SMILES string of the molecule is CC(C)C(CCl)NCC1CCC(C)(C)O1. The van der Waals surface area contributed by atoms with E-state index in [2.05, 4.69) is 33.0 Å². The third kappa shape index (κ3) is 4.29. The fraction of sp³-hybridized carbons (Fsp3) is 1.00. The maximum absolute atomic E-state index is 5.92. The van der Waals surface area contributed by atoms with E-state index in [4.69, 9.17) is 16.3 Å². The zero-order valence-electron chi connectivity index (χ0n) is 10.3. The van der Waals surface area contributed by atoms with Gasteiger partial charge in [0.1, 0.15) is 0 Å². The first kappa shape index (κ1) is 13.3. The van der Waals surface area contributed by atoms with Crippen molar-refractivity contribution in [2.75, 3.05) is 12.4 Å². The molecule has 1 rings (SSSR count). The summed E-state index contributed by atoms with van der Waals surface area (Å²) in [5.41, 5.74) is 0.0701. The van der Waals surface area contributed by atoms with E-state index in [1.165, 1.54) is 0 Å². The van der Waals surface area contributed by atoms with Gasteiger partial charge < -0.3 is 10.1 Å². The fourth-order valence-corrected chi connectivity index (χ4v) is 2.44. The van der Waals surface area contributed by atoms with Gasteiger partial charge >= 0.3 is 0 Å². The first-order valence-corrected chi connectivity index (χ1v) is 6.45. The van der Waals surface area contributed by atoms with E-state index in [0.717, 1.165) is 19.4 Å². The Labute approximate surface area is 98.7 Å². The summed E-state index contributed by atoms with van der Waals surface area (Å²) in [5.74, 6) is 1.25.